The van der Waals surface area contributed by atoms with Crippen LogP contribution in [0.4, 0.5) is 16.4 Å². The summed E-state index contributed by atoms with van der Waals surface area (Å²) in [5.41, 5.74) is 2.17. The molecule has 3 heterocycles. The Hall–Kier alpha value is -3.34. The molecule has 0 aromatic carbocycles. The minimum atomic E-state index is -0.899. The maximum Gasteiger partial charge on any atom is 0.407 e. The lowest BCUT2D eigenvalue weighted by Crippen LogP contribution is -2.48. The molecule has 0 bridgehead atoms. The third kappa shape index (κ3) is 4.62. The van der Waals surface area contributed by atoms with Crippen molar-refractivity contribution in [3.63, 3.8) is 0 Å². The average Bonchev–Trinajstić information content (AvgIpc) is 2.79. The Balaban J connectivity index is 1.55. The van der Waals surface area contributed by atoms with Crippen molar-refractivity contribution in [3.05, 3.63) is 36.0 Å². The van der Waals surface area contributed by atoms with Crippen molar-refractivity contribution in [2.24, 2.45) is 0 Å². The second-order valence-electron chi connectivity index (χ2n) is 7.88. The molecule has 1 amide bonds. The molecular formula is C22H26N6O2. The molecule has 2 aromatic rings. The van der Waals surface area contributed by atoms with E-state index in [0.717, 1.165) is 17.1 Å². The zero-order valence-electron chi connectivity index (χ0n) is 16.9. The van der Waals surface area contributed by atoms with Gasteiger partial charge in [-0.25, -0.2) is 14.8 Å². The number of pyridine rings is 2. The molecular weight excluding hydrogens is 380 g/mol. The highest BCUT2D eigenvalue weighted by atomic mass is 16.4. The number of carbonyl (C=O) groups is 1. The number of anilines is 2. The van der Waals surface area contributed by atoms with Crippen molar-refractivity contribution in [2.75, 3.05) is 36.4 Å². The van der Waals surface area contributed by atoms with Gasteiger partial charge in [0.1, 0.15) is 11.6 Å². The summed E-state index contributed by atoms with van der Waals surface area (Å²) in [5.74, 6) is 1.54. The monoisotopic (exact) mass is 406 g/mol. The lowest BCUT2D eigenvalue weighted by atomic mass is 9.95. The number of aromatic nitrogens is 2. The van der Waals surface area contributed by atoms with E-state index >= 15 is 0 Å². The molecule has 1 saturated heterocycles. The first-order valence-corrected chi connectivity index (χ1v) is 10.5. The fraction of sp³-hybridized carbons (Fsp3) is 0.455. The number of nitrogens with one attached hydrogen (secondary N) is 1. The van der Waals surface area contributed by atoms with Crippen LogP contribution in [0.5, 0.6) is 0 Å². The van der Waals surface area contributed by atoms with Crippen molar-refractivity contribution in [2.45, 2.75) is 38.1 Å². The highest BCUT2D eigenvalue weighted by Gasteiger charge is 2.22. The fourth-order valence-corrected chi connectivity index (χ4v) is 4.14. The molecule has 1 saturated carbocycles. The third-order valence-corrected chi connectivity index (χ3v) is 5.83. The first-order valence-electron chi connectivity index (χ1n) is 10.5. The Bertz CT molecular complexity index is 943. The maximum atomic E-state index is 11.1. The van der Waals surface area contributed by atoms with Gasteiger partial charge in [0, 0.05) is 44.0 Å². The van der Waals surface area contributed by atoms with Gasteiger partial charge in [0.05, 0.1) is 17.3 Å². The van der Waals surface area contributed by atoms with Gasteiger partial charge < -0.3 is 20.2 Å². The van der Waals surface area contributed by atoms with Crippen LogP contribution < -0.4 is 10.2 Å². The molecule has 0 atom stereocenters. The molecule has 0 unspecified atom stereocenters. The standard InChI is InChI=1S/C22H26N6O2/c23-15-16-12-19(26-21(13-16)27-8-10-28(11-9-27)22(29)30)17-6-7-24-20(14-17)25-18-4-2-1-3-5-18/h6-7,12-14,18H,1-5,8-11H2,(H,24,25)(H,29,30). The third-order valence-electron chi connectivity index (χ3n) is 5.83. The average molecular weight is 406 g/mol. The van der Waals surface area contributed by atoms with Crippen LogP contribution in [0.25, 0.3) is 11.3 Å². The summed E-state index contributed by atoms with van der Waals surface area (Å²) in [4.78, 5) is 23.8. The molecule has 0 spiro atoms. The van der Waals surface area contributed by atoms with Crippen LogP contribution in [-0.4, -0.2) is 58.3 Å². The fourth-order valence-electron chi connectivity index (χ4n) is 4.14. The van der Waals surface area contributed by atoms with Gasteiger partial charge in [-0.05, 0) is 37.1 Å². The van der Waals surface area contributed by atoms with Crippen molar-refractivity contribution in [1.82, 2.24) is 14.9 Å². The number of amides is 1. The van der Waals surface area contributed by atoms with Crippen LogP contribution in [0.3, 0.4) is 0 Å². The summed E-state index contributed by atoms with van der Waals surface area (Å²) in [6, 6.07) is 10.1. The van der Waals surface area contributed by atoms with Crippen LogP contribution in [0.1, 0.15) is 37.7 Å². The van der Waals surface area contributed by atoms with Gasteiger partial charge in [0.15, 0.2) is 0 Å². The largest absolute Gasteiger partial charge is 0.465 e. The topological polar surface area (TPSA) is 105 Å². The number of hydrogen-bond acceptors (Lipinski definition) is 6. The molecule has 2 N–H and O–H groups in total. The van der Waals surface area contributed by atoms with Crippen LogP contribution in [0, 0.1) is 11.3 Å². The van der Waals surface area contributed by atoms with Crippen LogP contribution in [-0.2, 0) is 0 Å². The zero-order valence-corrected chi connectivity index (χ0v) is 16.9. The Kier molecular flexibility index (Phi) is 5.98. The normalized spacial score (nSPS) is 17.4. The van der Waals surface area contributed by atoms with Gasteiger partial charge >= 0.3 is 6.09 Å². The molecule has 30 heavy (non-hydrogen) atoms. The minimum absolute atomic E-state index is 0.424. The summed E-state index contributed by atoms with van der Waals surface area (Å²) >= 11 is 0. The molecule has 8 nitrogen and oxygen atoms in total. The highest BCUT2D eigenvalue weighted by molar-refractivity contribution is 5.68. The summed E-state index contributed by atoms with van der Waals surface area (Å²) in [6.07, 6.45) is 7.01. The highest BCUT2D eigenvalue weighted by Crippen LogP contribution is 2.26. The Labute approximate surface area is 176 Å². The molecule has 2 aromatic heterocycles. The van der Waals surface area contributed by atoms with Gasteiger partial charge in [-0.2, -0.15) is 5.26 Å². The Morgan fingerprint density at radius 1 is 1.13 bits per heavy atom. The summed E-state index contributed by atoms with van der Waals surface area (Å²) < 4.78 is 0. The molecule has 8 heteroatoms. The summed E-state index contributed by atoms with van der Waals surface area (Å²) in [5, 5.41) is 22.2. The number of hydrogen-bond donors (Lipinski definition) is 2. The molecule has 0 radical (unpaired) electrons. The maximum absolute atomic E-state index is 11.1. The summed E-state index contributed by atoms with van der Waals surface area (Å²) in [6.45, 7) is 1.96. The molecule has 1 aliphatic carbocycles. The number of nitriles is 1. The van der Waals surface area contributed by atoms with Gasteiger partial charge in [-0.1, -0.05) is 19.3 Å². The van der Waals surface area contributed by atoms with E-state index in [-0.39, 0.29) is 0 Å². The van der Waals surface area contributed by atoms with Crippen molar-refractivity contribution >= 4 is 17.7 Å². The smallest absolute Gasteiger partial charge is 0.407 e. The first-order chi connectivity index (χ1) is 14.6. The lowest BCUT2D eigenvalue weighted by Gasteiger charge is -2.34. The molecule has 4 rings (SSSR count). The number of rotatable bonds is 4. The van der Waals surface area contributed by atoms with Crippen LogP contribution in [0.15, 0.2) is 30.5 Å². The second kappa shape index (κ2) is 8.99. The molecule has 1 aliphatic heterocycles. The van der Waals surface area contributed by atoms with Crippen molar-refractivity contribution in [3.8, 4) is 17.3 Å². The van der Waals surface area contributed by atoms with E-state index in [4.69, 9.17) is 10.1 Å². The molecule has 2 fully saturated rings. The molecule has 2 aliphatic rings. The number of carboxylic acid groups (broad SMARTS) is 1. The Morgan fingerprint density at radius 2 is 1.90 bits per heavy atom. The van der Waals surface area contributed by atoms with Crippen molar-refractivity contribution in [1.29, 1.82) is 5.26 Å². The lowest BCUT2D eigenvalue weighted by molar-refractivity contribution is 0.142. The van der Waals surface area contributed by atoms with E-state index in [9.17, 15) is 10.1 Å². The van der Waals surface area contributed by atoms with Gasteiger partial charge in [-0.3, -0.25) is 0 Å². The van der Waals surface area contributed by atoms with Gasteiger partial charge in [0.25, 0.3) is 0 Å². The van der Waals surface area contributed by atoms with E-state index in [1.165, 1.54) is 37.0 Å². The minimum Gasteiger partial charge on any atom is -0.465 e. The van der Waals surface area contributed by atoms with E-state index in [2.05, 4.69) is 16.4 Å². The number of nitrogens with zero attached hydrogens (tertiary/aromatic N) is 5. The van der Waals surface area contributed by atoms with Crippen molar-refractivity contribution < 1.29 is 9.90 Å². The SMILES string of the molecule is N#Cc1cc(-c2ccnc(NC3CCCCC3)c2)nc(N2CCN(C(=O)O)CC2)c1. The second-order valence-corrected chi connectivity index (χ2v) is 7.88. The Morgan fingerprint density at radius 3 is 2.60 bits per heavy atom. The zero-order chi connectivity index (χ0) is 20.9. The van der Waals surface area contributed by atoms with E-state index < -0.39 is 6.09 Å². The predicted octanol–water partition coefficient (Wildman–Crippen LogP) is 3.56. The van der Waals surface area contributed by atoms with E-state index in [1.54, 1.807) is 18.3 Å². The first kappa shape index (κ1) is 20.0. The number of piperazine rings is 1. The van der Waals surface area contributed by atoms with E-state index in [1.807, 2.05) is 17.0 Å². The quantitative estimate of drug-likeness (QED) is 0.800. The van der Waals surface area contributed by atoms with E-state index in [0.29, 0.717) is 43.6 Å². The van der Waals surface area contributed by atoms with Crippen LogP contribution >= 0.6 is 0 Å². The predicted molar refractivity (Wildman–Crippen MR) is 114 cm³/mol. The summed E-state index contributed by atoms with van der Waals surface area (Å²) in [7, 11) is 0. The van der Waals surface area contributed by atoms with Crippen LogP contribution in [0.2, 0.25) is 0 Å². The van der Waals surface area contributed by atoms with Gasteiger partial charge in [0.2, 0.25) is 0 Å². The molecule has 156 valence electrons. The van der Waals surface area contributed by atoms with Gasteiger partial charge in [-0.15, -0.1) is 0 Å².